The third-order valence-corrected chi connectivity index (χ3v) is 3.70. The number of hydrogen-bond acceptors (Lipinski definition) is 4. The highest BCUT2D eigenvalue weighted by Crippen LogP contribution is 2.26. The number of carbonyl (C=O) groups excluding carboxylic acids is 1. The highest BCUT2D eigenvalue weighted by molar-refractivity contribution is 5.93. The van der Waals surface area contributed by atoms with Gasteiger partial charge >= 0.3 is 0 Å². The van der Waals surface area contributed by atoms with Gasteiger partial charge in [-0.25, -0.2) is 4.98 Å². The molecule has 0 amide bonds. The molecule has 0 spiro atoms. The van der Waals surface area contributed by atoms with Crippen LogP contribution in [-0.4, -0.2) is 37.6 Å². The van der Waals surface area contributed by atoms with Gasteiger partial charge in [0.25, 0.3) is 0 Å². The number of aldehydes is 1. The second-order valence-electron chi connectivity index (χ2n) is 5.27. The molecular formula is C16H18N2O2. The van der Waals surface area contributed by atoms with E-state index in [2.05, 4.69) is 30.9 Å². The number of nitrogens with zero attached hydrogens (tertiary/aromatic N) is 2. The van der Waals surface area contributed by atoms with E-state index in [1.807, 2.05) is 6.07 Å². The Labute approximate surface area is 118 Å². The van der Waals surface area contributed by atoms with E-state index < -0.39 is 0 Å². The summed E-state index contributed by atoms with van der Waals surface area (Å²) in [5.41, 5.74) is 3.96. The fraction of sp³-hybridized carbons (Fsp3) is 0.375. The van der Waals surface area contributed by atoms with Crippen LogP contribution in [0.4, 0.5) is 5.82 Å². The van der Waals surface area contributed by atoms with E-state index in [0.717, 1.165) is 41.7 Å². The van der Waals surface area contributed by atoms with Crippen LogP contribution in [0.1, 0.15) is 21.5 Å². The molecule has 0 aliphatic carbocycles. The van der Waals surface area contributed by atoms with Gasteiger partial charge in [-0.05, 0) is 31.5 Å². The smallest absolute Gasteiger partial charge is 0.153 e. The zero-order valence-electron chi connectivity index (χ0n) is 11.8. The Morgan fingerprint density at radius 3 is 2.65 bits per heavy atom. The number of anilines is 1. The number of morpholine rings is 1. The molecule has 0 bridgehead atoms. The summed E-state index contributed by atoms with van der Waals surface area (Å²) in [5.74, 6) is 0.780. The normalized spacial score (nSPS) is 15.6. The van der Waals surface area contributed by atoms with Crippen LogP contribution >= 0.6 is 0 Å². The van der Waals surface area contributed by atoms with E-state index in [1.54, 1.807) is 0 Å². The summed E-state index contributed by atoms with van der Waals surface area (Å²) in [7, 11) is 0. The summed E-state index contributed by atoms with van der Waals surface area (Å²) in [4.78, 5) is 18.3. The Bertz CT molecular complexity index is 661. The van der Waals surface area contributed by atoms with Crippen molar-refractivity contribution in [3.63, 3.8) is 0 Å². The molecule has 4 heteroatoms. The molecule has 4 nitrogen and oxygen atoms in total. The molecule has 0 radical (unpaired) electrons. The van der Waals surface area contributed by atoms with Crippen LogP contribution in [0.5, 0.6) is 0 Å². The molecule has 2 heterocycles. The van der Waals surface area contributed by atoms with Gasteiger partial charge in [-0.15, -0.1) is 0 Å². The van der Waals surface area contributed by atoms with Gasteiger partial charge in [0, 0.05) is 18.5 Å². The fourth-order valence-electron chi connectivity index (χ4n) is 2.77. The van der Waals surface area contributed by atoms with Crippen LogP contribution in [-0.2, 0) is 4.74 Å². The average molecular weight is 270 g/mol. The van der Waals surface area contributed by atoms with Gasteiger partial charge in [0.1, 0.15) is 5.82 Å². The van der Waals surface area contributed by atoms with Crippen molar-refractivity contribution in [1.29, 1.82) is 0 Å². The van der Waals surface area contributed by atoms with Crippen LogP contribution in [0.25, 0.3) is 10.9 Å². The molecule has 1 aromatic heterocycles. The molecular weight excluding hydrogens is 252 g/mol. The molecule has 0 saturated carbocycles. The Morgan fingerprint density at radius 1 is 1.20 bits per heavy atom. The topological polar surface area (TPSA) is 42.4 Å². The van der Waals surface area contributed by atoms with Crippen LogP contribution < -0.4 is 4.90 Å². The lowest BCUT2D eigenvalue weighted by Crippen LogP contribution is -2.37. The number of rotatable bonds is 2. The van der Waals surface area contributed by atoms with Crippen LogP contribution in [0.3, 0.4) is 0 Å². The van der Waals surface area contributed by atoms with Gasteiger partial charge in [0.05, 0.1) is 24.3 Å². The first-order valence-electron chi connectivity index (χ1n) is 6.89. The number of hydrogen-bond donors (Lipinski definition) is 0. The first-order valence-corrected chi connectivity index (χ1v) is 6.89. The second kappa shape index (κ2) is 5.21. The molecule has 1 aliphatic rings. The average Bonchev–Trinajstić information content (AvgIpc) is 2.46. The second-order valence-corrected chi connectivity index (χ2v) is 5.27. The summed E-state index contributed by atoms with van der Waals surface area (Å²) in [6.45, 7) is 7.05. The molecule has 20 heavy (non-hydrogen) atoms. The van der Waals surface area contributed by atoms with Crippen LogP contribution in [0.15, 0.2) is 18.2 Å². The maximum Gasteiger partial charge on any atom is 0.153 e. The molecule has 0 atom stereocenters. The minimum atomic E-state index is 0.657. The number of fused-ring (bicyclic) bond motifs is 1. The fourth-order valence-corrected chi connectivity index (χ4v) is 2.77. The lowest BCUT2D eigenvalue weighted by Gasteiger charge is -2.29. The third kappa shape index (κ3) is 2.27. The van der Waals surface area contributed by atoms with Crippen molar-refractivity contribution >= 4 is 23.0 Å². The predicted molar refractivity (Wildman–Crippen MR) is 79.6 cm³/mol. The van der Waals surface area contributed by atoms with Crippen molar-refractivity contribution in [2.45, 2.75) is 13.8 Å². The van der Waals surface area contributed by atoms with Crippen molar-refractivity contribution in [2.24, 2.45) is 0 Å². The zero-order valence-corrected chi connectivity index (χ0v) is 11.8. The minimum absolute atomic E-state index is 0.657. The summed E-state index contributed by atoms with van der Waals surface area (Å²) in [6, 6.07) is 6.14. The number of carbonyl (C=O) groups is 1. The molecule has 2 aromatic rings. The van der Waals surface area contributed by atoms with Gasteiger partial charge in [-0.2, -0.15) is 0 Å². The highest BCUT2D eigenvalue weighted by Gasteiger charge is 2.17. The third-order valence-electron chi connectivity index (χ3n) is 3.70. The van der Waals surface area contributed by atoms with Gasteiger partial charge in [-0.1, -0.05) is 11.6 Å². The molecule has 0 unspecified atom stereocenters. The summed E-state index contributed by atoms with van der Waals surface area (Å²) in [5, 5.41) is 1.03. The lowest BCUT2D eigenvalue weighted by atomic mass is 10.0. The van der Waals surface area contributed by atoms with E-state index in [1.165, 1.54) is 5.56 Å². The van der Waals surface area contributed by atoms with Gasteiger partial charge in [-0.3, -0.25) is 4.79 Å². The van der Waals surface area contributed by atoms with Gasteiger partial charge in [0.15, 0.2) is 6.29 Å². The number of aryl methyl sites for hydroxylation is 2. The molecule has 3 rings (SSSR count). The summed E-state index contributed by atoms with van der Waals surface area (Å²) < 4.78 is 5.36. The SMILES string of the molecule is Cc1cc(C)c2nc(N3CCOCC3)c(C=O)cc2c1. The Kier molecular flexibility index (Phi) is 3.40. The van der Waals surface area contributed by atoms with E-state index in [9.17, 15) is 4.79 Å². The van der Waals surface area contributed by atoms with Gasteiger partial charge in [0.2, 0.25) is 0 Å². The quantitative estimate of drug-likeness (QED) is 0.786. The maximum atomic E-state index is 11.4. The van der Waals surface area contributed by atoms with Crippen molar-refractivity contribution < 1.29 is 9.53 Å². The predicted octanol–water partition coefficient (Wildman–Crippen LogP) is 2.50. The first kappa shape index (κ1) is 13.1. The summed E-state index contributed by atoms with van der Waals surface area (Å²) >= 11 is 0. The maximum absolute atomic E-state index is 11.4. The molecule has 1 fully saturated rings. The Morgan fingerprint density at radius 2 is 1.95 bits per heavy atom. The minimum Gasteiger partial charge on any atom is -0.378 e. The zero-order chi connectivity index (χ0) is 14.1. The lowest BCUT2D eigenvalue weighted by molar-refractivity contribution is 0.111. The van der Waals surface area contributed by atoms with E-state index in [4.69, 9.17) is 9.72 Å². The molecule has 104 valence electrons. The Balaban J connectivity index is 2.17. The molecule has 1 aliphatic heterocycles. The van der Waals surface area contributed by atoms with E-state index >= 15 is 0 Å². The number of aromatic nitrogens is 1. The standard InChI is InChI=1S/C16H18N2O2/c1-11-7-12(2)15-13(8-11)9-14(10-19)16(17-15)18-3-5-20-6-4-18/h7-10H,3-6H2,1-2H3. The van der Waals surface area contributed by atoms with Crippen molar-refractivity contribution in [1.82, 2.24) is 4.98 Å². The molecule has 0 N–H and O–H groups in total. The van der Waals surface area contributed by atoms with Crippen molar-refractivity contribution in [2.75, 3.05) is 31.2 Å². The van der Waals surface area contributed by atoms with E-state index in [0.29, 0.717) is 18.8 Å². The Hall–Kier alpha value is -1.94. The number of ether oxygens (including phenoxy) is 1. The van der Waals surface area contributed by atoms with Crippen LogP contribution in [0, 0.1) is 13.8 Å². The molecule has 1 saturated heterocycles. The van der Waals surface area contributed by atoms with Crippen molar-refractivity contribution in [3.8, 4) is 0 Å². The van der Waals surface area contributed by atoms with Crippen molar-refractivity contribution in [3.05, 3.63) is 34.9 Å². The van der Waals surface area contributed by atoms with E-state index in [-0.39, 0.29) is 0 Å². The number of benzene rings is 1. The summed E-state index contributed by atoms with van der Waals surface area (Å²) in [6.07, 6.45) is 0.898. The highest BCUT2D eigenvalue weighted by atomic mass is 16.5. The first-order chi connectivity index (χ1) is 9.69. The monoisotopic (exact) mass is 270 g/mol. The van der Waals surface area contributed by atoms with Gasteiger partial charge < -0.3 is 9.64 Å². The molecule has 1 aromatic carbocycles. The largest absolute Gasteiger partial charge is 0.378 e. The number of pyridine rings is 1. The van der Waals surface area contributed by atoms with Crippen LogP contribution in [0.2, 0.25) is 0 Å².